The van der Waals surface area contributed by atoms with Crippen LogP contribution in [-0.2, 0) is 4.79 Å². The van der Waals surface area contributed by atoms with Gasteiger partial charge in [0.25, 0.3) is 0 Å². The maximum atomic E-state index is 12.1. The van der Waals surface area contributed by atoms with Gasteiger partial charge in [0.15, 0.2) is 0 Å². The first kappa shape index (κ1) is 17.7. The Morgan fingerprint density at radius 1 is 1.38 bits per heavy atom. The molecular weight excluding hydrogens is 336 g/mol. The zero-order chi connectivity index (χ0) is 16.0. The molecule has 0 fully saturated rings. The Morgan fingerprint density at radius 2 is 2.05 bits per heavy atom. The van der Waals surface area contributed by atoms with Crippen LogP contribution in [0.3, 0.4) is 0 Å². The third-order valence-corrected chi connectivity index (χ3v) is 3.78. The van der Waals surface area contributed by atoms with Crippen molar-refractivity contribution in [2.75, 3.05) is 11.9 Å². The Labute approximate surface area is 133 Å². The number of carboxylic acids is 1. The van der Waals surface area contributed by atoms with Gasteiger partial charge in [0, 0.05) is 10.9 Å². The number of aromatic carboxylic acids is 1. The van der Waals surface area contributed by atoms with Gasteiger partial charge in [-0.05, 0) is 52.9 Å². The number of carbonyl (C=O) groups excluding carboxylic acids is 1. The van der Waals surface area contributed by atoms with Crippen LogP contribution in [0.15, 0.2) is 22.7 Å². The molecule has 1 atom stereocenters. The van der Waals surface area contributed by atoms with Crippen LogP contribution in [0.5, 0.6) is 0 Å². The van der Waals surface area contributed by atoms with Crippen molar-refractivity contribution in [3.63, 3.8) is 0 Å². The highest BCUT2D eigenvalue weighted by Gasteiger charge is 2.18. The topological polar surface area (TPSA) is 92.4 Å². The van der Waals surface area contributed by atoms with Gasteiger partial charge < -0.3 is 16.2 Å². The maximum Gasteiger partial charge on any atom is 0.337 e. The highest BCUT2D eigenvalue weighted by molar-refractivity contribution is 9.10. The van der Waals surface area contributed by atoms with E-state index in [9.17, 15) is 9.59 Å². The molecule has 21 heavy (non-hydrogen) atoms. The van der Waals surface area contributed by atoms with Crippen molar-refractivity contribution in [2.24, 2.45) is 17.6 Å². The lowest BCUT2D eigenvalue weighted by Gasteiger charge is -2.17. The van der Waals surface area contributed by atoms with Crippen LogP contribution in [0, 0.1) is 11.8 Å². The van der Waals surface area contributed by atoms with Crippen LogP contribution in [0.25, 0.3) is 0 Å². The quantitative estimate of drug-likeness (QED) is 0.699. The molecule has 1 amide bonds. The summed E-state index contributed by atoms with van der Waals surface area (Å²) in [6.45, 7) is 4.60. The van der Waals surface area contributed by atoms with Crippen molar-refractivity contribution >= 4 is 33.5 Å². The number of halogens is 1. The first-order valence-electron chi connectivity index (χ1n) is 6.86. The molecule has 4 N–H and O–H groups in total. The number of hydrogen-bond acceptors (Lipinski definition) is 3. The fourth-order valence-electron chi connectivity index (χ4n) is 2.21. The van der Waals surface area contributed by atoms with Crippen molar-refractivity contribution in [2.45, 2.75) is 26.7 Å². The van der Waals surface area contributed by atoms with Crippen molar-refractivity contribution < 1.29 is 14.7 Å². The summed E-state index contributed by atoms with van der Waals surface area (Å²) < 4.78 is 0.545. The van der Waals surface area contributed by atoms with Gasteiger partial charge in [-0.1, -0.05) is 19.9 Å². The number of anilines is 1. The van der Waals surface area contributed by atoms with E-state index in [-0.39, 0.29) is 29.5 Å². The van der Waals surface area contributed by atoms with E-state index < -0.39 is 5.97 Å². The minimum absolute atomic E-state index is 0.0610. The Balaban J connectivity index is 2.81. The van der Waals surface area contributed by atoms with Crippen LogP contribution in [0.2, 0.25) is 0 Å². The first-order chi connectivity index (χ1) is 9.85. The van der Waals surface area contributed by atoms with E-state index in [4.69, 9.17) is 10.8 Å². The predicted molar refractivity (Wildman–Crippen MR) is 86.3 cm³/mol. The summed E-state index contributed by atoms with van der Waals surface area (Å²) in [7, 11) is 0. The molecule has 0 aliphatic carbocycles. The highest BCUT2D eigenvalue weighted by atomic mass is 79.9. The molecule has 1 rings (SSSR count). The molecule has 116 valence electrons. The van der Waals surface area contributed by atoms with E-state index in [1.54, 1.807) is 12.1 Å². The SMILES string of the molecule is CC(C)C[C@H](CN)CC(=O)Nc1c(Br)cccc1C(=O)O. The molecule has 1 aromatic rings. The van der Waals surface area contributed by atoms with Gasteiger partial charge in [0.05, 0.1) is 11.3 Å². The standard InChI is InChI=1S/C15H21BrN2O3/c1-9(2)6-10(8-17)7-13(19)18-14-11(15(20)21)4-3-5-12(14)16/h3-5,9-10H,6-8,17H2,1-2H3,(H,18,19)(H,20,21)/t10-/m0/s1. The molecule has 0 bridgehead atoms. The van der Waals surface area contributed by atoms with Gasteiger partial charge in [-0.15, -0.1) is 0 Å². The van der Waals surface area contributed by atoms with Crippen LogP contribution in [0.4, 0.5) is 5.69 Å². The third kappa shape index (κ3) is 5.47. The van der Waals surface area contributed by atoms with Crippen molar-refractivity contribution in [1.29, 1.82) is 0 Å². The molecule has 0 heterocycles. The third-order valence-electron chi connectivity index (χ3n) is 3.12. The number of amides is 1. The maximum absolute atomic E-state index is 12.1. The second-order valence-corrected chi connectivity index (χ2v) is 6.31. The summed E-state index contributed by atoms with van der Waals surface area (Å²) in [5.74, 6) is -0.741. The summed E-state index contributed by atoms with van der Waals surface area (Å²) >= 11 is 3.26. The zero-order valence-electron chi connectivity index (χ0n) is 12.2. The molecule has 0 saturated heterocycles. The van der Waals surface area contributed by atoms with Gasteiger partial charge in [0.1, 0.15) is 0 Å². The van der Waals surface area contributed by atoms with E-state index in [1.807, 2.05) is 0 Å². The molecule has 6 heteroatoms. The molecule has 0 aliphatic rings. The van der Waals surface area contributed by atoms with Crippen molar-refractivity contribution in [3.8, 4) is 0 Å². The fraction of sp³-hybridized carbons (Fsp3) is 0.467. The molecule has 0 saturated carbocycles. The lowest BCUT2D eigenvalue weighted by Crippen LogP contribution is -2.24. The first-order valence-corrected chi connectivity index (χ1v) is 7.66. The second kappa shape index (κ2) is 8.14. The number of hydrogen-bond donors (Lipinski definition) is 3. The number of benzene rings is 1. The molecule has 0 aliphatic heterocycles. The lowest BCUT2D eigenvalue weighted by atomic mass is 9.94. The van der Waals surface area contributed by atoms with Gasteiger partial charge in [0.2, 0.25) is 5.91 Å². The minimum atomic E-state index is -1.08. The molecule has 0 radical (unpaired) electrons. The Kier molecular flexibility index (Phi) is 6.84. The summed E-state index contributed by atoms with van der Waals surface area (Å²) in [5, 5.41) is 11.8. The summed E-state index contributed by atoms with van der Waals surface area (Å²) in [6.07, 6.45) is 1.15. The fourth-order valence-corrected chi connectivity index (χ4v) is 2.68. The van der Waals surface area contributed by atoms with Crippen LogP contribution < -0.4 is 11.1 Å². The number of nitrogens with one attached hydrogen (secondary N) is 1. The van der Waals surface area contributed by atoms with E-state index >= 15 is 0 Å². The van der Waals surface area contributed by atoms with E-state index in [1.165, 1.54) is 6.07 Å². The molecule has 1 aromatic carbocycles. The van der Waals surface area contributed by atoms with Gasteiger partial charge >= 0.3 is 5.97 Å². The summed E-state index contributed by atoms with van der Waals surface area (Å²) in [6, 6.07) is 4.76. The van der Waals surface area contributed by atoms with Crippen molar-refractivity contribution in [1.82, 2.24) is 0 Å². The highest BCUT2D eigenvalue weighted by Crippen LogP contribution is 2.27. The number of carboxylic acid groups (broad SMARTS) is 1. The molecule has 0 aromatic heterocycles. The molecule has 5 nitrogen and oxygen atoms in total. The van der Waals surface area contributed by atoms with Crippen LogP contribution in [-0.4, -0.2) is 23.5 Å². The molecular formula is C15H21BrN2O3. The van der Waals surface area contributed by atoms with E-state index in [0.717, 1.165) is 6.42 Å². The number of para-hydroxylation sites is 1. The largest absolute Gasteiger partial charge is 0.478 e. The summed E-state index contributed by atoms with van der Waals surface area (Å²) in [5.41, 5.74) is 6.04. The monoisotopic (exact) mass is 356 g/mol. The van der Waals surface area contributed by atoms with Gasteiger partial charge in [-0.2, -0.15) is 0 Å². The minimum Gasteiger partial charge on any atom is -0.478 e. The second-order valence-electron chi connectivity index (χ2n) is 5.45. The van der Waals surface area contributed by atoms with E-state index in [0.29, 0.717) is 16.9 Å². The lowest BCUT2D eigenvalue weighted by molar-refractivity contribution is -0.117. The van der Waals surface area contributed by atoms with E-state index in [2.05, 4.69) is 35.1 Å². The van der Waals surface area contributed by atoms with Crippen molar-refractivity contribution in [3.05, 3.63) is 28.2 Å². The normalized spacial score (nSPS) is 12.2. The molecule has 0 spiro atoms. The van der Waals surface area contributed by atoms with Gasteiger partial charge in [-0.3, -0.25) is 4.79 Å². The zero-order valence-corrected chi connectivity index (χ0v) is 13.8. The Bertz CT molecular complexity index is 518. The average Bonchev–Trinajstić information content (AvgIpc) is 2.39. The number of carbonyl (C=O) groups is 2. The number of nitrogens with two attached hydrogens (primary N) is 1. The average molecular weight is 357 g/mol. The number of rotatable bonds is 7. The van der Waals surface area contributed by atoms with Crippen LogP contribution in [0.1, 0.15) is 37.0 Å². The predicted octanol–water partition coefficient (Wildman–Crippen LogP) is 3.10. The summed E-state index contributed by atoms with van der Waals surface area (Å²) in [4.78, 5) is 23.3. The Morgan fingerprint density at radius 3 is 2.57 bits per heavy atom. The smallest absolute Gasteiger partial charge is 0.337 e. The van der Waals surface area contributed by atoms with Crippen LogP contribution >= 0.6 is 15.9 Å². The molecule has 0 unspecified atom stereocenters. The Hall–Kier alpha value is -1.40. The van der Waals surface area contributed by atoms with Gasteiger partial charge in [-0.25, -0.2) is 4.79 Å².